The lowest BCUT2D eigenvalue weighted by atomic mass is 9.95. The summed E-state index contributed by atoms with van der Waals surface area (Å²) < 4.78 is 34.3. The molecule has 13 heteroatoms. The van der Waals surface area contributed by atoms with Crippen LogP contribution in [0.15, 0.2) is 96.0 Å². The summed E-state index contributed by atoms with van der Waals surface area (Å²) in [7, 11) is -2.56. The second-order valence-corrected chi connectivity index (χ2v) is 15.9. The van der Waals surface area contributed by atoms with Crippen molar-refractivity contribution in [1.29, 1.82) is 0 Å². The SMILES string of the molecule is CC[C@H](C)[C@@H](C(=O)N[C@@H](Cc1ccccc1)[C@@H](O)CN(CC(C)C)S(=O)(=O)c1ccc(OC)cc1)N1CC(=O)N(Cc2ccnc3ccccc23)C1=O. The van der Waals surface area contributed by atoms with E-state index in [0.29, 0.717) is 12.2 Å². The minimum atomic E-state index is -4.05. The van der Waals surface area contributed by atoms with E-state index >= 15 is 0 Å². The van der Waals surface area contributed by atoms with Gasteiger partial charge in [-0.05, 0) is 65.8 Å². The molecule has 1 aliphatic rings. The molecule has 3 aromatic carbocycles. The van der Waals surface area contributed by atoms with Gasteiger partial charge in [-0.1, -0.05) is 82.6 Å². The molecule has 1 aliphatic heterocycles. The molecule has 0 bridgehead atoms. The van der Waals surface area contributed by atoms with Crippen LogP contribution in [0.5, 0.6) is 5.75 Å². The number of nitrogens with zero attached hydrogens (tertiary/aromatic N) is 4. The Morgan fingerprint density at radius 1 is 0.962 bits per heavy atom. The maximum absolute atomic E-state index is 14.4. The average Bonchev–Trinajstić information content (AvgIpc) is 3.42. The number of aromatic nitrogens is 1. The molecule has 4 aromatic rings. The number of methoxy groups -OCH3 is 1. The molecular formula is C40H49N5O7S. The number of sulfonamides is 1. The molecular weight excluding hydrogens is 695 g/mol. The molecule has 4 amide bonds. The van der Waals surface area contributed by atoms with Gasteiger partial charge < -0.3 is 20.1 Å². The monoisotopic (exact) mass is 743 g/mol. The smallest absolute Gasteiger partial charge is 0.328 e. The Morgan fingerprint density at radius 3 is 2.30 bits per heavy atom. The number of carbonyl (C=O) groups excluding carboxylic acids is 3. The second kappa shape index (κ2) is 17.3. The largest absolute Gasteiger partial charge is 0.497 e. The summed E-state index contributed by atoms with van der Waals surface area (Å²) in [5, 5.41) is 15.6. The van der Waals surface area contributed by atoms with E-state index in [0.717, 1.165) is 26.9 Å². The van der Waals surface area contributed by atoms with Crippen molar-refractivity contribution in [3.8, 4) is 5.75 Å². The van der Waals surface area contributed by atoms with Gasteiger partial charge in [0.2, 0.25) is 15.9 Å². The van der Waals surface area contributed by atoms with Crippen molar-refractivity contribution in [1.82, 2.24) is 24.4 Å². The lowest BCUT2D eigenvalue weighted by molar-refractivity contribution is -0.129. The van der Waals surface area contributed by atoms with E-state index in [4.69, 9.17) is 4.74 Å². The highest BCUT2D eigenvalue weighted by molar-refractivity contribution is 7.89. The number of pyridine rings is 1. The Labute approximate surface area is 311 Å². The number of aliphatic hydroxyl groups is 1. The quantitative estimate of drug-likeness (QED) is 0.146. The van der Waals surface area contributed by atoms with Gasteiger partial charge in [-0.15, -0.1) is 0 Å². The van der Waals surface area contributed by atoms with Crippen LogP contribution in [0.1, 0.15) is 45.2 Å². The van der Waals surface area contributed by atoms with Crippen molar-refractivity contribution in [3.05, 3.63) is 102 Å². The molecule has 1 aromatic heterocycles. The van der Waals surface area contributed by atoms with Crippen LogP contribution in [0.25, 0.3) is 10.9 Å². The number of hydrogen-bond donors (Lipinski definition) is 2. The minimum absolute atomic E-state index is 0.0236. The Balaban J connectivity index is 1.41. The molecule has 0 unspecified atom stereocenters. The molecule has 1 saturated heterocycles. The van der Waals surface area contributed by atoms with E-state index in [2.05, 4.69) is 10.3 Å². The molecule has 0 radical (unpaired) electrons. The van der Waals surface area contributed by atoms with Crippen molar-refractivity contribution < 1.29 is 32.6 Å². The standard InChI is InChI=1S/C40H49N5O7S/c1-6-28(4)38(45-26-37(47)44(40(45)49)24-30-20-21-41-34-15-11-10-14-33(30)34)39(48)42-35(22-29-12-8-7-9-13-29)36(46)25-43(23-27(2)3)53(50,51)32-18-16-31(52-5)17-19-32/h7-21,27-28,35-36,38,46H,6,22-26H2,1-5H3,(H,42,48)/t28-,35-,36-,38-/m0/s1. The van der Waals surface area contributed by atoms with E-state index in [-0.39, 0.29) is 49.3 Å². The first-order valence-corrected chi connectivity index (χ1v) is 19.4. The Morgan fingerprint density at radius 2 is 1.64 bits per heavy atom. The highest BCUT2D eigenvalue weighted by Crippen LogP contribution is 2.26. The summed E-state index contributed by atoms with van der Waals surface area (Å²) >= 11 is 0. The van der Waals surface area contributed by atoms with Crippen LogP contribution in [-0.4, -0.2) is 95.4 Å². The highest BCUT2D eigenvalue weighted by atomic mass is 32.2. The first-order chi connectivity index (χ1) is 25.3. The van der Waals surface area contributed by atoms with Gasteiger partial charge in [-0.2, -0.15) is 4.31 Å². The summed E-state index contributed by atoms with van der Waals surface area (Å²) in [5.41, 5.74) is 2.31. The van der Waals surface area contributed by atoms with Crippen molar-refractivity contribution in [2.24, 2.45) is 11.8 Å². The predicted octanol–water partition coefficient (Wildman–Crippen LogP) is 4.86. The fraction of sp³-hybridized carbons (Fsp3) is 0.400. The number of nitrogens with one attached hydrogen (secondary N) is 1. The van der Waals surface area contributed by atoms with Crippen LogP contribution in [0.3, 0.4) is 0 Å². The van der Waals surface area contributed by atoms with Gasteiger partial charge in [-0.25, -0.2) is 13.2 Å². The zero-order valence-corrected chi connectivity index (χ0v) is 31.7. The number of carbonyl (C=O) groups is 3. The first kappa shape index (κ1) is 39.4. The number of para-hydroxylation sites is 1. The van der Waals surface area contributed by atoms with Gasteiger partial charge in [-0.3, -0.25) is 19.5 Å². The van der Waals surface area contributed by atoms with Gasteiger partial charge in [0.1, 0.15) is 18.3 Å². The third kappa shape index (κ3) is 9.21. The molecule has 2 N–H and O–H groups in total. The van der Waals surface area contributed by atoms with Crippen molar-refractivity contribution in [3.63, 3.8) is 0 Å². The summed E-state index contributed by atoms with van der Waals surface area (Å²) in [6, 6.07) is 22.0. The molecule has 2 heterocycles. The molecule has 12 nitrogen and oxygen atoms in total. The summed E-state index contributed by atoms with van der Waals surface area (Å²) in [6.07, 6.45) is 1.02. The molecule has 0 saturated carbocycles. The number of rotatable bonds is 17. The fourth-order valence-corrected chi connectivity index (χ4v) is 8.28. The maximum Gasteiger partial charge on any atom is 0.328 e. The maximum atomic E-state index is 14.4. The molecule has 282 valence electrons. The molecule has 0 spiro atoms. The number of fused-ring (bicyclic) bond motifs is 1. The molecule has 53 heavy (non-hydrogen) atoms. The van der Waals surface area contributed by atoms with Gasteiger partial charge in [0, 0.05) is 24.7 Å². The molecule has 0 aliphatic carbocycles. The van der Waals surface area contributed by atoms with Crippen LogP contribution >= 0.6 is 0 Å². The zero-order chi connectivity index (χ0) is 38.3. The predicted molar refractivity (Wildman–Crippen MR) is 202 cm³/mol. The van der Waals surface area contributed by atoms with Crippen LogP contribution < -0.4 is 10.1 Å². The lowest BCUT2D eigenvalue weighted by Crippen LogP contribution is -2.57. The Bertz CT molecular complexity index is 1990. The zero-order valence-electron chi connectivity index (χ0n) is 30.9. The number of imide groups is 1. The number of benzene rings is 3. The van der Waals surface area contributed by atoms with Crippen molar-refractivity contribution in [2.45, 2.75) is 70.2 Å². The summed E-state index contributed by atoms with van der Waals surface area (Å²) in [4.78, 5) is 48.6. The van der Waals surface area contributed by atoms with E-state index < -0.39 is 46.1 Å². The molecule has 1 fully saturated rings. The van der Waals surface area contributed by atoms with Crippen LogP contribution in [-0.2, 0) is 32.6 Å². The number of aliphatic hydroxyl groups excluding tert-OH is 1. The third-order valence-electron chi connectivity index (χ3n) is 9.69. The lowest BCUT2D eigenvalue weighted by Gasteiger charge is -2.34. The van der Waals surface area contributed by atoms with Gasteiger partial charge in [0.05, 0.1) is 36.2 Å². The van der Waals surface area contributed by atoms with E-state index in [1.807, 2.05) is 82.3 Å². The average molecular weight is 744 g/mol. The van der Waals surface area contributed by atoms with Crippen molar-refractivity contribution >= 4 is 38.8 Å². The number of ether oxygens (including phenoxy) is 1. The van der Waals surface area contributed by atoms with Crippen molar-refractivity contribution in [2.75, 3.05) is 26.7 Å². The first-order valence-electron chi connectivity index (χ1n) is 17.9. The number of hydrogen-bond acceptors (Lipinski definition) is 8. The summed E-state index contributed by atoms with van der Waals surface area (Å²) in [6.45, 7) is 7.09. The fourth-order valence-electron chi connectivity index (χ4n) is 6.66. The van der Waals surface area contributed by atoms with Crippen LogP contribution in [0, 0.1) is 11.8 Å². The van der Waals surface area contributed by atoms with Crippen LogP contribution in [0.2, 0.25) is 0 Å². The van der Waals surface area contributed by atoms with E-state index in [1.54, 1.807) is 24.4 Å². The van der Waals surface area contributed by atoms with Gasteiger partial charge in [0.25, 0.3) is 5.91 Å². The third-order valence-corrected chi connectivity index (χ3v) is 11.5. The molecule has 4 atom stereocenters. The van der Waals surface area contributed by atoms with Gasteiger partial charge >= 0.3 is 6.03 Å². The van der Waals surface area contributed by atoms with Crippen LogP contribution in [0.4, 0.5) is 4.79 Å². The minimum Gasteiger partial charge on any atom is -0.497 e. The molecule has 5 rings (SSSR count). The Kier molecular flexibility index (Phi) is 12.9. The second-order valence-electron chi connectivity index (χ2n) is 14.0. The normalized spacial score (nSPS) is 15.9. The topological polar surface area (TPSA) is 149 Å². The Hall–Kier alpha value is -4.85. The number of urea groups is 1. The van der Waals surface area contributed by atoms with Gasteiger partial charge in [0.15, 0.2) is 0 Å². The van der Waals surface area contributed by atoms with E-state index in [9.17, 15) is 27.9 Å². The van der Waals surface area contributed by atoms with E-state index in [1.165, 1.54) is 28.4 Å². The highest BCUT2D eigenvalue weighted by Gasteiger charge is 2.45. The summed E-state index contributed by atoms with van der Waals surface area (Å²) in [5.74, 6) is -0.876. The number of amides is 4.